The summed E-state index contributed by atoms with van der Waals surface area (Å²) in [7, 11) is 1.49. The molecule has 0 bridgehead atoms. The fourth-order valence-electron chi connectivity index (χ4n) is 2.83. The van der Waals surface area contributed by atoms with Crippen LogP contribution in [0.2, 0.25) is 0 Å². The van der Waals surface area contributed by atoms with E-state index < -0.39 is 42.0 Å². The first-order chi connectivity index (χ1) is 12.7. The highest BCUT2D eigenvalue weighted by Crippen LogP contribution is 2.41. The van der Waals surface area contributed by atoms with Gasteiger partial charge in [-0.1, -0.05) is 0 Å². The van der Waals surface area contributed by atoms with Crippen LogP contribution in [0.5, 0.6) is 5.75 Å². The first-order valence-electron chi connectivity index (χ1n) is 8.20. The lowest BCUT2D eigenvalue weighted by Crippen LogP contribution is -2.45. The number of carbonyl (C=O) groups is 3. The normalized spacial score (nSPS) is 26.9. The number of hydrogen-bond acceptors (Lipinski definition) is 9. The molecule has 2 rings (SSSR count). The van der Waals surface area contributed by atoms with Crippen LogP contribution in [0.4, 0.5) is 0 Å². The van der Waals surface area contributed by atoms with Crippen LogP contribution in [0.25, 0.3) is 0 Å². The van der Waals surface area contributed by atoms with E-state index in [1.807, 2.05) is 0 Å². The monoisotopic (exact) mass is 382 g/mol. The highest BCUT2D eigenvalue weighted by molar-refractivity contribution is 5.68. The Hall–Kier alpha value is -2.65. The number of rotatable bonds is 6. The van der Waals surface area contributed by atoms with Crippen LogP contribution in [0, 0.1) is 0 Å². The fraction of sp³-hybridized carbons (Fsp3) is 0.500. The van der Waals surface area contributed by atoms with Gasteiger partial charge in [-0.05, 0) is 24.3 Å². The van der Waals surface area contributed by atoms with E-state index in [-0.39, 0.29) is 12.2 Å². The molecule has 1 aromatic carbocycles. The molecule has 1 aliphatic rings. The lowest BCUT2D eigenvalue weighted by molar-refractivity contribution is -0.247. The Morgan fingerprint density at radius 2 is 1.63 bits per heavy atom. The van der Waals surface area contributed by atoms with Gasteiger partial charge in [-0.25, -0.2) is 0 Å². The molecule has 1 aliphatic heterocycles. The lowest BCUT2D eigenvalue weighted by atomic mass is 9.97. The molecule has 1 heterocycles. The molecular formula is C18H22O9. The second-order valence-electron chi connectivity index (χ2n) is 5.99. The highest BCUT2D eigenvalue weighted by atomic mass is 16.7. The van der Waals surface area contributed by atoms with E-state index in [2.05, 4.69) is 0 Å². The smallest absolute Gasteiger partial charge is 0.303 e. The molecule has 1 saturated heterocycles. The summed E-state index contributed by atoms with van der Waals surface area (Å²) in [6.07, 6.45) is -3.60. The largest absolute Gasteiger partial charge is 0.497 e. The summed E-state index contributed by atoms with van der Waals surface area (Å²) < 4.78 is 26.1. The molecule has 148 valence electrons. The van der Waals surface area contributed by atoms with E-state index in [4.69, 9.17) is 23.7 Å². The summed E-state index contributed by atoms with van der Waals surface area (Å²) >= 11 is 0. The third kappa shape index (κ3) is 4.75. The van der Waals surface area contributed by atoms with Crippen molar-refractivity contribution in [1.82, 2.24) is 0 Å². The molecule has 0 saturated carbocycles. The summed E-state index contributed by atoms with van der Waals surface area (Å²) in [5.41, 5.74) is 0.247. The van der Waals surface area contributed by atoms with Gasteiger partial charge in [0.2, 0.25) is 5.79 Å². The van der Waals surface area contributed by atoms with E-state index in [0.29, 0.717) is 5.75 Å². The Bertz CT molecular complexity index is 699. The first-order valence-corrected chi connectivity index (χ1v) is 8.20. The molecule has 1 N–H and O–H groups in total. The summed E-state index contributed by atoms with van der Waals surface area (Å²) in [6, 6.07) is 6.21. The van der Waals surface area contributed by atoms with Crippen LogP contribution in [-0.2, 0) is 39.1 Å². The van der Waals surface area contributed by atoms with Gasteiger partial charge in [0.05, 0.1) is 7.11 Å². The SMILES string of the molecule is COc1ccc(C2(O)O[C@H](COC(C)=O)[C@@H](OC(C)=O)[C@H]2OC(C)=O)cc1. The molecule has 0 spiro atoms. The van der Waals surface area contributed by atoms with Gasteiger partial charge in [0.25, 0.3) is 0 Å². The van der Waals surface area contributed by atoms with E-state index in [9.17, 15) is 19.5 Å². The molecule has 9 heteroatoms. The molecule has 0 aromatic heterocycles. The Labute approximate surface area is 156 Å². The zero-order chi connectivity index (χ0) is 20.2. The van der Waals surface area contributed by atoms with Crippen molar-refractivity contribution >= 4 is 17.9 Å². The minimum absolute atomic E-state index is 0.247. The van der Waals surface area contributed by atoms with Crippen molar-refractivity contribution in [3.63, 3.8) is 0 Å². The minimum atomic E-state index is -2.12. The quantitative estimate of drug-likeness (QED) is 0.559. The van der Waals surface area contributed by atoms with Gasteiger partial charge in [-0.3, -0.25) is 14.4 Å². The number of hydrogen-bond donors (Lipinski definition) is 1. The van der Waals surface area contributed by atoms with Crippen molar-refractivity contribution in [2.75, 3.05) is 13.7 Å². The zero-order valence-corrected chi connectivity index (χ0v) is 15.5. The number of benzene rings is 1. The minimum Gasteiger partial charge on any atom is -0.497 e. The van der Waals surface area contributed by atoms with Gasteiger partial charge in [-0.2, -0.15) is 0 Å². The number of ether oxygens (including phenoxy) is 5. The van der Waals surface area contributed by atoms with Crippen molar-refractivity contribution in [1.29, 1.82) is 0 Å². The maximum absolute atomic E-state index is 11.6. The predicted molar refractivity (Wildman–Crippen MR) is 89.5 cm³/mol. The van der Waals surface area contributed by atoms with Crippen LogP contribution >= 0.6 is 0 Å². The van der Waals surface area contributed by atoms with E-state index >= 15 is 0 Å². The van der Waals surface area contributed by atoms with Crippen molar-refractivity contribution in [3.05, 3.63) is 29.8 Å². The third-order valence-corrected chi connectivity index (χ3v) is 3.93. The molecule has 0 aliphatic carbocycles. The van der Waals surface area contributed by atoms with Crippen molar-refractivity contribution in [3.8, 4) is 5.75 Å². The fourth-order valence-corrected chi connectivity index (χ4v) is 2.83. The third-order valence-electron chi connectivity index (χ3n) is 3.93. The van der Waals surface area contributed by atoms with Crippen LogP contribution < -0.4 is 4.74 Å². The number of methoxy groups -OCH3 is 1. The summed E-state index contributed by atoms with van der Waals surface area (Å²) in [6.45, 7) is 3.22. The maximum Gasteiger partial charge on any atom is 0.303 e. The van der Waals surface area contributed by atoms with Gasteiger partial charge in [0.15, 0.2) is 12.2 Å². The summed E-state index contributed by atoms with van der Waals surface area (Å²) in [4.78, 5) is 34.3. The summed E-state index contributed by atoms with van der Waals surface area (Å²) in [5.74, 6) is -3.54. The average Bonchev–Trinajstić information content (AvgIpc) is 2.85. The maximum atomic E-state index is 11.6. The van der Waals surface area contributed by atoms with E-state index in [1.54, 1.807) is 12.1 Å². The number of esters is 3. The highest BCUT2D eigenvalue weighted by Gasteiger charge is 2.59. The molecule has 4 atom stereocenters. The van der Waals surface area contributed by atoms with Gasteiger partial charge in [-0.15, -0.1) is 0 Å². The van der Waals surface area contributed by atoms with Crippen molar-refractivity contribution in [2.45, 2.75) is 44.9 Å². The van der Waals surface area contributed by atoms with Gasteiger partial charge in [0, 0.05) is 26.3 Å². The number of carbonyl (C=O) groups excluding carboxylic acids is 3. The lowest BCUT2D eigenvalue weighted by Gasteiger charge is -2.29. The van der Waals surface area contributed by atoms with Crippen molar-refractivity contribution < 1.29 is 43.2 Å². The second kappa shape index (κ2) is 8.36. The van der Waals surface area contributed by atoms with E-state index in [0.717, 1.165) is 6.92 Å². The Kier molecular flexibility index (Phi) is 6.40. The summed E-state index contributed by atoms with van der Waals surface area (Å²) in [5, 5.41) is 11.2. The molecule has 1 fully saturated rings. The average molecular weight is 382 g/mol. The Balaban J connectivity index is 2.43. The predicted octanol–water partition coefficient (Wildman–Crippen LogP) is 0.666. The van der Waals surface area contributed by atoms with Crippen molar-refractivity contribution in [2.24, 2.45) is 0 Å². The molecule has 0 radical (unpaired) electrons. The van der Waals surface area contributed by atoms with Gasteiger partial charge < -0.3 is 28.8 Å². The first kappa shape index (κ1) is 20.7. The standard InChI is InChI=1S/C18H22O9/c1-10(19)24-9-15-16(25-11(2)20)17(26-12(3)21)18(22,27-15)13-5-7-14(23-4)8-6-13/h5-8,15-17,22H,9H2,1-4H3/t15-,16-,17-,18?/m1/s1. The number of aliphatic hydroxyl groups is 1. The van der Waals surface area contributed by atoms with E-state index in [1.165, 1.54) is 33.1 Å². The van der Waals surface area contributed by atoms with Crippen LogP contribution in [0.1, 0.15) is 26.3 Å². The molecule has 9 nitrogen and oxygen atoms in total. The van der Waals surface area contributed by atoms with Gasteiger partial charge in [0.1, 0.15) is 18.5 Å². The molecule has 27 heavy (non-hydrogen) atoms. The topological polar surface area (TPSA) is 118 Å². The molecule has 0 amide bonds. The van der Waals surface area contributed by atoms with Crippen LogP contribution in [0.15, 0.2) is 24.3 Å². The second-order valence-corrected chi connectivity index (χ2v) is 5.99. The molecular weight excluding hydrogens is 360 g/mol. The van der Waals surface area contributed by atoms with Crippen LogP contribution in [0.3, 0.4) is 0 Å². The molecule has 1 unspecified atom stereocenters. The zero-order valence-electron chi connectivity index (χ0n) is 15.5. The molecule has 1 aromatic rings. The Morgan fingerprint density at radius 3 is 2.11 bits per heavy atom. The Morgan fingerprint density at radius 1 is 1.04 bits per heavy atom. The van der Waals surface area contributed by atoms with Gasteiger partial charge >= 0.3 is 17.9 Å². The van der Waals surface area contributed by atoms with Crippen LogP contribution in [-0.4, -0.2) is 55.0 Å².